The van der Waals surface area contributed by atoms with E-state index in [1.807, 2.05) is 0 Å². The van der Waals surface area contributed by atoms with E-state index in [1.165, 1.54) is 75.5 Å². The van der Waals surface area contributed by atoms with E-state index in [-0.39, 0.29) is 13.1 Å². The van der Waals surface area contributed by atoms with E-state index in [1.54, 1.807) is 0 Å². The molecule has 27 heavy (non-hydrogen) atoms. The van der Waals surface area contributed by atoms with Gasteiger partial charge in [0.15, 0.2) is 0 Å². The lowest BCUT2D eigenvalue weighted by molar-refractivity contribution is -0.141. The Labute approximate surface area is 165 Å². The Morgan fingerprint density at radius 2 is 1.07 bits per heavy atom. The third-order valence-electron chi connectivity index (χ3n) is 4.70. The fourth-order valence-corrected chi connectivity index (χ4v) is 3.18. The van der Waals surface area contributed by atoms with Crippen molar-refractivity contribution in [1.82, 2.24) is 4.90 Å². The lowest BCUT2D eigenvalue weighted by Crippen LogP contribution is -2.35. The van der Waals surface area contributed by atoms with E-state index < -0.39 is 11.9 Å². The van der Waals surface area contributed by atoms with Gasteiger partial charge < -0.3 is 10.2 Å². The summed E-state index contributed by atoms with van der Waals surface area (Å²) >= 11 is 0. The normalized spacial score (nSPS) is 11.5. The minimum Gasteiger partial charge on any atom is -0.480 e. The van der Waals surface area contributed by atoms with Crippen LogP contribution in [0.5, 0.6) is 0 Å². The summed E-state index contributed by atoms with van der Waals surface area (Å²) in [5, 5.41) is 17.6. The Hall–Kier alpha value is -1.36. The van der Waals surface area contributed by atoms with Crippen LogP contribution >= 0.6 is 0 Å². The van der Waals surface area contributed by atoms with Gasteiger partial charge >= 0.3 is 11.9 Å². The van der Waals surface area contributed by atoms with Crippen LogP contribution in [0, 0.1) is 0 Å². The molecule has 0 rings (SSSR count). The minimum absolute atomic E-state index is 0.197. The van der Waals surface area contributed by atoms with Gasteiger partial charge in [0.05, 0.1) is 13.1 Å². The topological polar surface area (TPSA) is 77.8 Å². The van der Waals surface area contributed by atoms with Crippen molar-refractivity contribution in [3.63, 3.8) is 0 Å². The molecule has 5 heteroatoms. The highest BCUT2D eigenvalue weighted by Crippen LogP contribution is 2.10. The van der Waals surface area contributed by atoms with E-state index in [0.29, 0.717) is 6.54 Å². The molecule has 0 aliphatic heterocycles. The van der Waals surface area contributed by atoms with E-state index >= 15 is 0 Å². The first-order valence-electron chi connectivity index (χ1n) is 10.9. The maximum Gasteiger partial charge on any atom is 0.317 e. The van der Waals surface area contributed by atoms with Crippen LogP contribution in [0.4, 0.5) is 0 Å². The lowest BCUT2D eigenvalue weighted by atomic mass is 10.1. The largest absolute Gasteiger partial charge is 0.480 e. The van der Waals surface area contributed by atoms with E-state index in [9.17, 15) is 9.59 Å². The van der Waals surface area contributed by atoms with Gasteiger partial charge in [-0.2, -0.15) is 0 Å². The van der Waals surface area contributed by atoms with Gasteiger partial charge in [0.1, 0.15) is 0 Å². The van der Waals surface area contributed by atoms with E-state index in [2.05, 4.69) is 19.1 Å². The number of hydrogen-bond acceptors (Lipinski definition) is 3. The number of hydrogen-bond donors (Lipinski definition) is 2. The van der Waals surface area contributed by atoms with Crippen LogP contribution in [0.1, 0.15) is 96.8 Å². The molecule has 0 aromatic rings. The summed E-state index contributed by atoms with van der Waals surface area (Å²) in [6.07, 6.45) is 21.9. The number of rotatable bonds is 20. The van der Waals surface area contributed by atoms with Crippen LogP contribution in [0.15, 0.2) is 12.2 Å². The van der Waals surface area contributed by atoms with Crippen LogP contribution in [0.3, 0.4) is 0 Å². The second-order valence-electron chi connectivity index (χ2n) is 7.44. The lowest BCUT2D eigenvalue weighted by Gasteiger charge is -2.17. The van der Waals surface area contributed by atoms with Crippen molar-refractivity contribution in [1.29, 1.82) is 0 Å². The Kier molecular flexibility index (Phi) is 18.4. The highest BCUT2D eigenvalue weighted by atomic mass is 16.4. The molecule has 0 fully saturated rings. The molecule has 0 atom stereocenters. The average Bonchev–Trinajstić information content (AvgIpc) is 2.60. The summed E-state index contributed by atoms with van der Waals surface area (Å²) in [5.74, 6) is -1.94. The van der Waals surface area contributed by atoms with Crippen LogP contribution in [-0.2, 0) is 9.59 Å². The molecule has 0 aliphatic carbocycles. The predicted octanol–water partition coefficient (Wildman–Crippen LogP) is 5.50. The van der Waals surface area contributed by atoms with Crippen LogP contribution in [0.25, 0.3) is 0 Å². The number of allylic oxidation sites excluding steroid dienone is 2. The number of carboxylic acids is 2. The van der Waals surface area contributed by atoms with Crippen molar-refractivity contribution in [3.05, 3.63) is 12.2 Å². The second-order valence-corrected chi connectivity index (χ2v) is 7.44. The van der Waals surface area contributed by atoms with Crippen LogP contribution in [-0.4, -0.2) is 46.7 Å². The minimum atomic E-state index is -0.971. The zero-order chi connectivity index (χ0) is 20.2. The highest BCUT2D eigenvalue weighted by molar-refractivity contribution is 5.72. The third kappa shape index (κ3) is 20.8. The van der Waals surface area contributed by atoms with Crippen molar-refractivity contribution in [2.75, 3.05) is 19.6 Å². The Morgan fingerprint density at radius 3 is 1.52 bits per heavy atom. The van der Waals surface area contributed by atoms with Gasteiger partial charge in [0, 0.05) is 0 Å². The maximum absolute atomic E-state index is 10.7. The molecule has 0 spiro atoms. The first-order valence-corrected chi connectivity index (χ1v) is 10.9. The van der Waals surface area contributed by atoms with Crippen LogP contribution in [0.2, 0.25) is 0 Å². The molecule has 5 nitrogen and oxygen atoms in total. The fourth-order valence-electron chi connectivity index (χ4n) is 3.18. The SMILES string of the molecule is CCCCCCCC/C=C\CCCCCCCCN(CC(=O)O)CC(=O)O. The molecule has 2 N–H and O–H groups in total. The molecule has 0 heterocycles. The van der Waals surface area contributed by atoms with E-state index in [4.69, 9.17) is 10.2 Å². The molecule has 0 aromatic carbocycles. The number of aliphatic carboxylic acids is 2. The zero-order valence-electron chi connectivity index (χ0n) is 17.3. The number of nitrogens with zero attached hydrogens (tertiary/aromatic N) is 1. The van der Waals surface area contributed by atoms with Crippen molar-refractivity contribution < 1.29 is 19.8 Å². The first-order chi connectivity index (χ1) is 13.1. The molecular weight excluding hydrogens is 342 g/mol. The maximum atomic E-state index is 10.7. The standard InChI is InChI=1S/C22H41NO4/c1-2-3-4-5-6-7-8-9-10-11-12-13-14-15-16-17-18-23(19-21(24)25)20-22(26)27/h9-10H,2-8,11-20H2,1H3,(H,24,25)(H,26,27)/b10-9-. The highest BCUT2D eigenvalue weighted by Gasteiger charge is 2.12. The van der Waals surface area contributed by atoms with Gasteiger partial charge in [0.25, 0.3) is 0 Å². The molecule has 0 unspecified atom stereocenters. The predicted molar refractivity (Wildman–Crippen MR) is 111 cm³/mol. The van der Waals surface area contributed by atoms with Crippen molar-refractivity contribution in [2.45, 2.75) is 96.8 Å². The Bertz CT molecular complexity index is 380. The third-order valence-corrected chi connectivity index (χ3v) is 4.70. The smallest absolute Gasteiger partial charge is 0.317 e. The van der Waals surface area contributed by atoms with Gasteiger partial charge in [-0.3, -0.25) is 14.5 Å². The van der Waals surface area contributed by atoms with Crippen LogP contribution < -0.4 is 0 Å². The summed E-state index contributed by atoms with van der Waals surface area (Å²) in [5.41, 5.74) is 0. The summed E-state index contributed by atoms with van der Waals surface area (Å²) in [6, 6.07) is 0. The molecular formula is C22H41NO4. The fraction of sp³-hybridized carbons (Fsp3) is 0.818. The molecule has 0 saturated carbocycles. The molecule has 0 amide bonds. The quantitative estimate of drug-likeness (QED) is 0.214. The summed E-state index contributed by atoms with van der Waals surface area (Å²) in [6.45, 7) is 2.40. The van der Waals surface area contributed by atoms with Gasteiger partial charge in [-0.25, -0.2) is 0 Å². The first kappa shape index (κ1) is 25.6. The summed E-state index contributed by atoms with van der Waals surface area (Å²) < 4.78 is 0. The average molecular weight is 384 g/mol. The van der Waals surface area contributed by atoms with Crippen molar-refractivity contribution in [2.24, 2.45) is 0 Å². The van der Waals surface area contributed by atoms with Gasteiger partial charge in [0.2, 0.25) is 0 Å². The zero-order valence-corrected chi connectivity index (χ0v) is 17.3. The van der Waals surface area contributed by atoms with Crippen molar-refractivity contribution >= 4 is 11.9 Å². The molecule has 0 saturated heterocycles. The van der Waals surface area contributed by atoms with Gasteiger partial charge in [-0.1, -0.05) is 76.9 Å². The molecule has 0 bridgehead atoms. The number of carbonyl (C=O) groups is 2. The van der Waals surface area contributed by atoms with Gasteiger partial charge in [-0.15, -0.1) is 0 Å². The molecule has 0 aromatic heterocycles. The Balaban J connectivity index is 3.41. The van der Waals surface area contributed by atoms with Gasteiger partial charge in [-0.05, 0) is 38.6 Å². The number of carboxylic acid groups (broad SMARTS) is 2. The molecule has 0 radical (unpaired) electrons. The second kappa shape index (κ2) is 19.4. The Morgan fingerprint density at radius 1 is 0.667 bits per heavy atom. The monoisotopic (exact) mass is 383 g/mol. The van der Waals surface area contributed by atoms with Crippen molar-refractivity contribution in [3.8, 4) is 0 Å². The number of unbranched alkanes of at least 4 members (excludes halogenated alkanes) is 12. The van der Waals surface area contributed by atoms with E-state index in [0.717, 1.165) is 19.3 Å². The molecule has 0 aliphatic rings. The summed E-state index contributed by atoms with van der Waals surface area (Å²) in [4.78, 5) is 22.9. The molecule has 158 valence electrons. The summed E-state index contributed by atoms with van der Waals surface area (Å²) in [7, 11) is 0.